The van der Waals surface area contributed by atoms with E-state index in [1.165, 1.54) is 28.6 Å². The largest absolute Gasteiger partial charge is 0.321 e. The normalized spacial score (nSPS) is 15.5. The minimum absolute atomic E-state index is 0.113. The van der Waals surface area contributed by atoms with Crippen LogP contribution in [0.3, 0.4) is 0 Å². The molecule has 0 aliphatic carbocycles. The van der Waals surface area contributed by atoms with E-state index in [1.807, 2.05) is 0 Å². The van der Waals surface area contributed by atoms with Crippen molar-refractivity contribution < 1.29 is 17.6 Å². The lowest BCUT2D eigenvalue weighted by atomic mass is 10.2. The first-order chi connectivity index (χ1) is 12.8. The molecule has 1 heterocycles. The zero-order valence-electron chi connectivity index (χ0n) is 14.2. The van der Waals surface area contributed by atoms with E-state index in [0.717, 1.165) is 31.4 Å². The van der Waals surface area contributed by atoms with Crippen LogP contribution in [0.25, 0.3) is 0 Å². The zero-order chi connectivity index (χ0) is 19.6. The molecular weight excluding hydrogens is 414 g/mol. The second-order valence-electron chi connectivity index (χ2n) is 6.18. The summed E-state index contributed by atoms with van der Waals surface area (Å²) in [5, 5.41) is 3.05. The predicted octanol–water partition coefficient (Wildman–Crippen LogP) is 4.56. The summed E-state index contributed by atoms with van der Waals surface area (Å²) in [6.45, 7) is 0.837. The zero-order valence-corrected chi connectivity index (χ0v) is 16.5. The smallest absolute Gasteiger partial charge is 0.258 e. The van der Waals surface area contributed by atoms with Gasteiger partial charge in [0.2, 0.25) is 10.0 Å². The van der Waals surface area contributed by atoms with Crippen LogP contribution in [0.5, 0.6) is 0 Å². The predicted molar refractivity (Wildman–Crippen MR) is 103 cm³/mol. The Bertz CT molecular complexity index is 977. The molecule has 0 aromatic heterocycles. The number of carbonyl (C=O) groups is 1. The summed E-state index contributed by atoms with van der Waals surface area (Å²) in [6.07, 6.45) is 2.54. The highest BCUT2D eigenvalue weighted by molar-refractivity contribution is 7.89. The third-order valence-electron chi connectivity index (χ3n) is 4.31. The summed E-state index contributed by atoms with van der Waals surface area (Å²) in [4.78, 5) is 12.4. The van der Waals surface area contributed by atoms with Crippen molar-refractivity contribution in [3.8, 4) is 0 Å². The van der Waals surface area contributed by atoms with E-state index in [9.17, 15) is 17.6 Å². The highest BCUT2D eigenvalue weighted by Crippen LogP contribution is 2.27. The Balaban J connectivity index is 1.89. The first kappa shape index (κ1) is 20.1. The van der Waals surface area contributed by atoms with Crippen LogP contribution in [-0.2, 0) is 10.0 Å². The minimum Gasteiger partial charge on any atom is -0.321 e. The minimum atomic E-state index is -3.78. The van der Waals surface area contributed by atoms with Crippen molar-refractivity contribution in [2.45, 2.75) is 24.2 Å². The first-order valence-corrected chi connectivity index (χ1v) is 10.5. The van der Waals surface area contributed by atoms with Crippen LogP contribution in [0.4, 0.5) is 10.1 Å². The summed E-state index contributed by atoms with van der Waals surface area (Å²) in [7, 11) is -3.78. The number of hydrogen-bond donors (Lipinski definition) is 1. The molecule has 1 amide bonds. The Morgan fingerprint density at radius 2 is 1.74 bits per heavy atom. The number of carbonyl (C=O) groups excluding carboxylic acids is 1. The summed E-state index contributed by atoms with van der Waals surface area (Å²) in [6, 6.07) is 7.65. The molecule has 1 N–H and O–H groups in total. The molecule has 1 saturated heterocycles. The SMILES string of the molecule is O=C(Nc1ccc(Cl)cc1Cl)c1cc(S(=O)(=O)N2CCCCC2)ccc1F. The monoisotopic (exact) mass is 430 g/mol. The molecule has 1 aliphatic heterocycles. The number of rotatable bonds is 4. The van der Waals surface area contributed by atoms with Gasteiger partial charge < -0.3 is 5.32 Å². The molecule has 1 aliphatic rings. The summed E-state index contributed by atoms with van der Waals surface area (Å²) in [5.41, 5.74) is -0.131. The van der Waals surface area contributed by atoms with Crippen molar-refractivity contribution in [3.63, 3.8) is 0 Å². The van der Waals surface area contributed by atoms with Crippen molar-refractivity contribution in [2.75, 3.05) is 18.4 Å². The van der Waals surface area contributed by atoms with Crippen LogP contribution in [0, 0.1) is 5.82 Å². The van der Waals surface area contributed by atoms with Gasteiger partial charge in [-0.25, -0.2) is 12.8 Å². The van der Waals surface area contributed by atoms with Gasteiger partial charge in [0.05, 0.1) is 21.2 Å². The summed E-state index contributed by atoms with van der Waals surface area (Å²) < 4.78 is 41.1. The molecule has 2 aromatic carbocycles. The van der Waals surface area contributed by atoms with Crippen molar-refractivity contribution in [1.82, 2.24) is 4.31 Å². The number of hydrogen-bond acceptors (Lipinski definition) is 3. The maximum absolute atomic E-state index is 14.2. The molecule has 3 rings (SSSR count). The Morgan fingerprint density at radius 1 is 1.04 bits per heavy atom. The summed E-state index contributed by atoms with van der Waals surface area (Å²) >= 11 is 11.8. The molecule has 0 atom stereocenters. The number of nitrogens with one attached hydrogen (secondary N) is 1. The number of halogens is 3. The molecule has 2 aromatic rings. The van der Waals surface area contributed by atoms with E-state index >= 15 is 0 Å². The lowest BCUT2D eigenvalue weighted by molar-refractivity contribution is 0.102. The van der Waals surface area contributed by atoms with Gasteiger partial charge in [-0.05, 0) is 49.2 Å². The molecule has 0 saturated carbocycles. The lowest BCUT2D eigenvalue weighted by Crippen LogP contribution is -2.35. The quantitative estimate of drug-likeness (QED) is 0.772. The van der Waals surface area contributed by atoms with Crippen molar-refractivity contribution in [3.05, 3.63) is 57.8 Å². The van der Waals surface area contributed by atoms with Gasteiger partial charge in [0, 0.05) is 18.1 Å². The summed E-state index contributed by atoms with van der Waals surface area (Å²) in [5.74, 6) is -1.62. The first-order valence-electron chi connectivity index (χ1n) is 8.35. The van der Waals surface area contributed by atoms with Gasteiger partial charge in [-0.15, -0.1) is 0 Å². The average molecular weight is 431 g/mol. The van der Waals surface area contributed by atoms with Gasteiger partial charge in [-0.2, -0.15) is 4.31 Å². The molecule has 9 heteroatoms. The van der Waals surface area contributed by atoms with Crippen LogP contribution < -0.4 is 5.32 Å². The van der Waals surface area contributed by atoms with E-state index in [0.29, 0.717) is 18.1 Å². The van der Waals surface area contributed by atoms with Crippen LogP contribution in [0.1, 0.15) is 29.6 Å². The molecule has 0 unspecified atom stereocenters. The second kappa shape index (κ2) is 8.14. The molecule has 144 valence electrons. The number of sulfonamides is 1. The van der Waals surface area contributed by atoms with E-state index in [-0.39, 0.29) is 21.2 Å². The van der Waals surface area contributed by atoms with Gasteiger partial charge in [0.1, 0.15) is 5.82 Å². The standard InChI is InChI=1S/C18H17Cl2FN2O3S/c19-12-4-7-17(15(20)10-12)22-18(24)14-11-13(5-6-16(14)21)27(25,26)23-8-2-1-3-9-23/h4-7,10-11H,1-3,8-9H2,(H,22,24). The molecule has 0 bridgehead atoms. The van der Waals surface area contributed by atoms with E-state index < -0.39 is 21.7 Å². The van der Waals surface area contributed by atoms with Crippen molar-refractivity contribution >= 4 is 44.8 Å². The van der Waals surface area contributed by atoms with Gasteiger partial charge in [0.25, 0.3) is 5.91 Å². The highest BCUT2D eigenvalue weighted by atomic mass is 35.5. The Labute approximate surface area is 167 Å². The van der Waals surface area contributed by atoms with Gasteiger partial charge in [-0.3, -0.25) is 4.79 Å². The fraction of sp³-hybridized carbons (Fsp3) is 0.278. The Kier molecular flexibility index (Phi) is 6.05. The fourth-order valence-corrected chi connectivity index (χ4v) is 4.87. The topological polar surface area (TPSA) is 66.5 Å². The van der Waals surface area contributed by atoms with E-state index in [4.69, 9.17) is 23.2 Å². The maximum Gasteiger partial charge on any atom is 0.258 e. The fourth-order valence-electron chi connectivity index (χ4n) is 2.87. The van der Waals surface area contributed by atoms with Gasteiger partial charge in [-0.1, -0.05) is 29.6 Å². The van der Waals surface area contributed by atoms with E-state index in [2.05, 4.69) is 5.32 Å². The third-order valence-corrected chi connectivity index (χ3v) is 6.76. The maximum atomic E-state index is 14.2. The van der Waals surface area contributed by atoms with Crippen molar-refractivity contribution in [1.29, 1.82) is 0 Å². The molecule has 27 heavy (non-hydrogen) atoms. The molecule has 0 spiro atoms. The number of benzene rings is 2. The molecule has 5 nitrogen and oxygen atoms in total. The molecule has 0 radical (unpaired) electrons. The van der Waals surface area contributed by atoms with Gasteiger partial charge >= 0.3 is 0 Å². The number of anilines is 1. The van der Waals surface area contributed by atoms with E-state index in [1.54, 1.807) is 0 Å². The number of amides is 1. The van der Waals surface area contributed by atoms with Crippen LogP contribution in [0.15, 0.2) is 41.3 Å². The van der Waals surface area contributed by atoms with Crippen LogP contribution in [-0.4, -0.2) is 31.7 Å². The van der Waals surface area contributed by atoms with Gasteiger partial charge in [0.15, 0.2) is 0 Å². The van der Waals surface area contributed by atoms with Crippen LogP contribution in [0.2, 0.25) is 10.0 Å². The van der Waals surface area contributed by atoms with Crippen molar-refractivity contribution in [2.24, 2.45) is 0 Å². The van der Waals surface area contributed by atoms with Crippen LogP contribution >= 0.6 is 23.2 Å². The Hall–Kier alpha value is -1.67. The molecule has 1 fully saturated rings. The lowest BCUT2D eigenvalue weighted by Gasteiger charge is -2.26. The average Bonchev–Trinajstić information content (AvgIpc) is 2.65. The third kappa shape index (κ3) is 4.43. The number of piperidine rings is 1. The number of nitrogens with zero attached hydrogens (tertiary/aromatic N) is 1. The second-order valence-corrected chi connectivity index (χ2v) is 8.97. The molecular formula is C18H17Cl2FN2O3S. The highest BCUT2D eigenvalue weighted by Gasteiger charge is 2.27. The Morgan fingerprint density at radius 3 is 2.41 bits per heavy atom.